The number of carbonyl (C=O) groups is 2. The maximum absolute atomic E-state index is 11.6. The number of aromatic carboxylic acids is 1. The number of anilines is 2. The molecule has 1 saturated heterocycles. The largest absolute Gasteiger partial charge is 0.482 e. The van der Waals surface area contributed by atoms with Gasteiger partial charge in [0, 0.05) is 27.2 Å². The van der Waals surface area contributed by atoms with E-state index in [4.69, 9.17) is 15.2 Å². The summed E-state index contributed by atoms with van der Waals surface area (Å²) in [6.07, 6.45) is 1.05. The molecule has 1 atom stereocenters. The molecule has 1 aliphatic rings. The van der Waals surface area contributed by atoms with E-state index in [9.17, 15) is 14.7 Å². The fourth-order valence-corrected chi connectivity index (χ4v) is 1.95. The second-order valence-corrected chi connectivity index (χ2v) is 5.48. The molecule has 1 aromatic carbocycles. The van der Waals surface area contributed by atoms with E-state index in [1.807, 2.05) is 0 Å². The molecule has 1 heterocycles. The number of carboxylic acid groups (broad SMARTS) is 1. The van der Waals surface area contributed by atoms with Crippen LogP contribution >= 0.6 is 0 Å². The van der Waals surface area contributed by atoms with Gasteiger partial charge in [-0.25, -0.2) is 4.79 Å². The minimum Gasteiger partial charge on any atom is -0.482 e. The molecule has 1 aromatic rings. The average molecular weight is 323 g/mol. The lowest BCUT2D eigenvalue weighted by atomic mass is 10.1. The standard InChI is InChI=1S/C15H21N3O5/c1-18(2)13(19)8-23-12-6-9(15(20)21)5-11(14(12)16)17-7-10-3-4-22-10/h5-6,10,17H,3-4,7-8,16H2,1-2H3,(H,20,21)/t10-/m0/s1. The van der Waals surface area contributed by atoms with Crippen molar-refractivity contribution in [3.05, 3.63) is 17.7 Å². The van der Waals surface area contributed by atoms with Gasteiger partial charge in [-0.3, -0.25) is 4.79 Å². The summed E-state index contributed by atoms with van der Waals surface area (Å²) >= 11 is 0. The number of ether oxygens (including phenoxy) is 2. The first kappa shape index (κ1) is 16.9. The molecule has 0 saturated carbocycles. The van der Waals surface area contributed by atoms with Gasteiger partial charge in [0.05, 0.1) is 23.0 Å². The van der Waals surface area contributed by atoms with Crippen molar-refractivity contribution in [1.82, 2.24) is 4.90 Å². The highest BCUT2D eigenvalue weighted by molar-refractivity contribution is 5.92. The topological polar surface area (TPSA) is 114 Å². The zero-order chi connectivity index (χ0) is 17.0. The smallest absolute Gasteiger partial charge is 0.335 e. The minimum absolute atomic E-state index is 0.0310. The van der Waals surface area contributed by atoms with E-state index >= 15 is 0 Å². The summed E-state index contributed by atoms with van der Waals surface area (Å²) in [5.41, 5.74) is 6.76. The molecule has 1 fully saturated rings. The number of hydrogen-bond donors (Lipinski definition) is 3. The molecule has 1 aliphatic heterocycles. The number of carbonyl (C=O) groups excluding carboxylic acids is 1. The van der Waals surface area contributed by atoms with Crippen molar-refractivity contribution in [2.45, 2.75) is 12.5 Å². The summed E-state index contributed by atoms with van der Waals surface area (Å²) in [6.45, 7) is 1.05. The van der Waals surface area contributed by atoms with E-state index in [0.29, 0.717) is 12.2 Å². The molecule has 0 aromatic heterocycles. The van der Waals surface area contributed by atoms with Crippen molar-refractivity contribution in [2.75, 3.05) is 44.9 Å². The number of likely N-dealkylation sites (N-methyl/N-ethyl adjacent to an activating group) is 1. The molecular weight excluding hydrogens is 302 g/mol. The molecule has 23 heavy (non-hydrogen) atoms. The molecule has 0 aliphatic carbocycles. The summed E-state index contributed by atoms with van der Waals surface area (Å²) in [7, 11) is 3.21. The molecule has 4 N–H and O–H groups in total. The van der Waals surface area contributed by atoms with Crippen LogP contribution in [0.25, 0.3) is 0 Å². The Labute approximate surface area is 134 Å². The third-order valence-corrected chi connectivity index (χ3v) is 3.55. The predicted octanol–water partition coefficient (Wildman–Crippen LogP) is 0.635. The highest BCUT2D eigenvalue weighted by atomic mass is 16.5. The van der Waals surface area contributed by atoms with Crippen LogP contribution in [-0.4, -0.2) is 61.8 Å². The zero-order valence-electron chi connectivity index (χ0n) is 13.2. The van der Waals surface area contributed by atoms with Gasteiger partial charge in [0.25, 0.3) is 5.91 Å². The van der Waals surface area contributed by atoms with Crippen LogP contribution in [0.1, 0.15) is 16.8 Å². The van der Waals surface area contributed by atoms with Crippen LogP contribution in [0, 0.1) is 0 Å². The number of benzene rings is 1. The first-order valence-electron chi connectivity index (χ1n) is 7.23. The Bertz CT molecular complexity index is 599. The monoisotopic (exact) mass is 323 g/mol. The summed E-state index contributed by atoms with van der Waals surface area (Å²) in [5, 5.41) is 12.3. The SMILES string of the molecule is CN(C)C(=O)COc1cc(C(=O)O)cc(NC[C@@H]2CCO2)c1N. The van der Waals surface area contributed by atoms with Crippen LogP contribution in [-0.2, 0) is 9.53 Å². The van der Waals surface area contributed by atoms with Gasteiger partial charge in [0.15, 0.2) is 6.61 Å². The molecule has 0 radical (unpaired) electrons. The zero-order valence-corrected chi connectivity index (χ0v) is 13.2. The van der Waals surface area contributed by atoms with Gasteiger partial charge < -0.3 is 30.5 Å². The summed E-state index contributed by atoms with van der Waals surface area (Å²) in [6, 6.07) is 2.75. The van der Waals surface area contributed by atoms with Crippen molar-refractivity contribution in [2.24, 2.45) is 0 Å². The summed E-state index contributed by atoms with van der Waals surface area (Å²) in [5.74, 6) is -1.18. The Morgan fingerprint density at radius 3 is 2.70 bits per heavy atom. The van der Waals surface area contributed by atoms with Gasteiger partial charge in [-0.05, 0) is 18.6 Å². The molecule has 8 nitrogen and oxygen atoms in total. The van der Waals surface area contributed by atoms with E-state index in [2.05, 4.69) is 5.32 Å². The highest BCUT2D eigenvalue weighted by Crippen LogP contribution is 2.32. The normalized spacial score (nSPS) is 16.3. The van der Waals surface area contributed by atoms with Gasteiger partial charge in [-0.1, -0.05) is 0 Å². The lowest BCUT2D eigenvalue weighted by Crippen LogP contribution is -2.33. The maximum Gasteiger partial charge on any atom is 0.335 e. The van der Waals surface area contributed by atoms with Crippen LogP contribution in [0.4, 0.5) is 11.4 Å². The lowest BCUT2D eigenvalue weighted by Gasteiger charge is -2.27. The third kappa shape index (κ3) is 4.26. The second-order valence-electron chi connectivity index (χ2n) is 5.48. The fourth-order valence-electron chi connectivity index (χ4n) is 1.95. The molecule has 1 amide bonds. The molecule has 0 unspecified atom stereocenters. The Morgan fingerprint density at radius 2 is 2.17 bits per heavy atom. The Balaban J connectivity index is 2.16. The number of carboxylic acids is 1. The maximum atomic E-state index is 11.6. The molecule has 2 rings (SSSR count). The number of rotatable bonds is 7. The molecule has 0 bridgehead atoms. The number of nitrogens with two attached hydrogens (primary N) is 1. The predicted molar refractivity (Wildman–Crippen MR) is 84.8 cm³/mol. The van der Waals surface area contributed by atoms with Crippen molar-refractivity contribution < 1.29 is 24.2 Å². The number of nitrogen functional groups attached to an aromatic ring is 1. The number of amides is 1. The number of hydrogen-bond acceptors (Lipinski definition) is 6. The van der Waals surface area contributed by atoms with Gasteiger partial charge in [-0.15, -0.1) is 0 Å². The van der Waals surface area contributed by atoms with E-state index in [1.54, 1.807) is 14.1 Å². The molecule has 0 spiro atoms. The van der Waals surface area contributed by atoms with Crippen molar-refractivity contribution in [3.63, 3.8) is 0 Å². The average Bonchev–Trinajstić information content (AvgIpc) is 2.45. The van der Waals surface area contributed by atoms with E-state index in [0.717, 1.165) is 13.0 Å². The van der Waals surface area contributed by atoms with Crippen LogP contribution in [0.2, 0.25) is 0 Å². The van der Waals surface area contributed by atoms with Gasteiger partial charge in [-0.2, -0.15) is 0 Å². The van der Waals surface area contributed by atoms with Gasteiger partial charge in [0.1, 0.15) is 5.75 Å². The van der Waals surface area contributed by atoms with Crippen LogP contribution in [0.15, 0.2) is 12.1 Å². The van der Waals surface area contributed by atoms with Gasteiger partial charge in [0.2, 0.25) is 0 Å². The Hall–Kier alpha value is -2.48. The Kier molecular flexibility index (Phi) is 5.28. The molecule has 126 valence electrons. The fraction of sp³-hybridized carbons (Fsp3) is 0.467. The van der Waals surface area contributed by atoms with E-state index in [1.165, 1.54) is 17.0 Å². The molecular formula is C15H21N3O5. The summed E-state index contributed by atoms with van der Waals surface area (Å²) in [4.78, 5) is 24.2. The minimum atomic E-state index is -1.10. The quantitative estimate of drug-likeness (QED) is 0.631. The van der Waals surface area contributed by atoms with Crippen molar-refractivity contribution >= 4 is 23.3 Å². The third-order valence-electron chi connectivity index (χ3n) is 3.55. The highest BCUT2D eigenvalue weighted by Gasteiger charge is 2.20. The number of nitrogens with zero attached hydrogens (tertiary/aromatic N) is 1. The van der Waals surface area contributed by atoms with Crippen LogP contribution in [0.5, 0.6) is 5.75 Å². The van der Waals surface area contributed by atoms with Crippen molar-refractivity contribution in [3.8, 4) is 5.75 Å². The van der Waals surface area contributed by atoms with E-state index < -0.39 is 5.97 Å². The van der Waals surface area contributed by atoms with Crippen molar-refractivity contribution in [1.29, 1.82) is 0 Å². The Morgan fingerprint density at radius 1 is 1.48 bits per heavy atom. The first-order chi connectivity index (χ1) is 10.9. The van der Waals surface area contributed by atoms with Crippen LogP contribution < -0.4 is 15.8 Å². The van der Waals surface area contributed by atoms with E-state index in [-0.39, 0.29) is 35.6 Å². The lowest BCUT2D eigenvalue weighted by molar-refractivity contribution is -0.130. The van der Waals surface area contributed by atoms with Gasteiger partial charge >= 0.3 is 5.97 Å². The molecule has 8 heteroatoms. The van der Waals surface area contributed by atoms with Crippen LogP contribution in [0.3, 0.4) is 0 Å². The second kappa shape index (κ2) is 7.19. The summed E-state index contributed by atoms with van der Waals surface area (Å²) < 4.78 is 10.7. The first-order valence-corrected chi connectivity index (χ1v) is 7.23. The number of nitrogens with one attached hydrogen (secondary N) is 1.